The molecule has 0 aromatic heterocycles. The first-order chi connectivity index (χ1) is 7.59. The predicted molar refractivity (Wildman–Crippen MR) is 57.6 cm³/mol. The van der Waals surface area contributed by atoms with E-state index in [1.165, 1.54) is 0 Å². The van der Waals surface area contributed by atoms with E-state index in [1.807, 2.05) is 0 Å². The van der Waals surface area contributed by atoms with E-state index < -0.39 is 11.8 Å². The molecule has 0 aliphatic carbocycles. The number of amides is 2. The lowest BCUT2D eigenvalue weighted by molar-refractivity contribution is -0.124. The van der Waals surface area contributed by atoms with Crippen molar-refractivity contribution in [3.05, 3.63) is 35.9 Å². The molecule has 3 N–H and O–H groups in total. The van der Waals surface area contributed by atoms with Gasteiger partial charge < -0.3 is 11.1 Å². The maximum atomic E-state index is 11.5. The van der Waals surface area contributed by atoms with Crippen LogP contribution in [-0.4, -0.2) is 24.1 Å². The fourth-order valence-corrected chi connectivity index (χ4v) is 1.12. The molecule has 0 unspecified atom stereocenters. The van der Waals surface area contributed by atoms with Gasteiger partial charge in [0.2, 0.25) is 11.8 Å². The van der Waals surface area contributed by atoms with Crippen LogP contribution in [0.4, 0.5) is 0 Å². The van der Waals surface area contributed by atoms with Crippen molar-refractivity contribution in [1.82, 2.24) is 5.32 Å². The summed E-state index contributed by atoms with van der Waals surface area (Å²) in [4.78, 5) is 33.1. The first-order valence-corrected chi connectivity index (χ1v) is 4.73. The maximum absolute atomic E-state index is 11.5. The third kappa shape index (κ3) is 3.91. The number of Topliss-reactive ketones (excluding diaryl/α,β-unsaturated/α-hetero) is 1. The summed E-state index contributed by atoms with van der Waals surface area (Å²) < 4.78 is 0. The van der Waals surface area contributed by atoms with Crippen LogP contribution >= 0.6 is 0 Å². The molecule has 1 rings (SSSR count). The van der Waals surface area contributed by atoms with Crippen molar-refractivity contribution in [1.29, 1.82) is 0 Å². The van der Waals surface area contributed by atoms with Gasteiger partial charge in [-0.1, -0.05) is 30.3 Å². The summed E-state index contributed by atoms with van der Waals surface area (Å²) in [5, 5.41) is 2.25. The van der Waals surface area contributed by atoms with Crippen molar-refractivity contribution in [2.45, 2.75) is 6.42 Å². The normalized spacial score (nSPS) is 9.50. The minimum Gasteiger partial charge on any atom is -0.368 e. The second-order valence-corrected chi connectivity index (χ2v) is 3.21. The Morgan fingerprint density at radius 2 is 1.75 bits per heavy atom. The highest BCUT2D eigenvalue weighted by atomic mass is 16.2. The average Bonchev–Trinajstić information content (AvgIpc) is 2.27. The number of hydrogen-bond donors (Lipinski definition) is 2. The monoisotopic (exact) mass is 220 g/mol. The van der Waals surface area contributed by atoms with Crippen LogP contribution in [0.2, 0.25) is 0 Å². The molecule has 0 aliphatic rings. The minimum absolute atomic E-state index is 0.249. The third-order valence-corrected chi connectivity index (χ3v) is 1.88. The average molecular weight is 220 g/mol. The van der Waals surface area contributed by atoms with Crippen LogP contribution in [0.25, 0.3) is 0 Å². The molecule has 0 heterocycles. The first-order valence-electron chi connectivity index (χ1n) is 4.73. The summed E-state index contributed by atoms with van der Waals surface area (Å²) in [7, 11) is 0. The maximum Gasteiger partial charge on any atom is 0.236 e. The topological polar surface area (TPSA) is 89.3 Å². The number of ketones is 1. The van der Waals surface area contributed by atoms with E-state index in [0.717, 1.165) is 0 Å². The Kier molecular flexibility index (Phi) is 4.20. The van der Waals surface area contributed by atoms with Gasteiger partial charge in [-0.3, -0.25) is 14.4 Å². The Morgan fingerprint density at radius 1 is 1.12 bits per heavy atom. The zero-order valence-corrected chi connectivity index (χ0v) is 8.60. The fraction of sp³-hybridized carbons (Fsp3) is 0.182. The van der Waals surface area contributed by atoms with Gasteiger partial charge in [0.15, 0.2) is 5.78 Å². The van der Waals surface area contributed by atoms with Crippen molar-refractivity contribution < 1.29 is 14.4 Å². The number of carbonyl (C=O) groups excluding carboxylic acids is 3. The lowest BCUT2D eigenvalue weighted by Crippen LogP contribution is -2.34. The van der Waals surface area contributed by atoms with Gasteiger partial charge in [0.1, 0.15) is 0 Å². The van der Waals surface area contributed by atoms with Crippen molar-refractivity contribution in [3.63, 3.8) is 0 Å². The molecule has 2 amide bonds. The van der Waals surface area contributed by atoms with Crippen LogP contribution in [0.5, 0.6) is 0 Å². The third-order valence-electron chi connectivity index (χ3n) is 1.88. The smallest absolute Gasteiger partial charge is 0.236 e. The molecule has 0 spiro atoms. The molecule has 5 heteroatoms. The SMILES string of the molecule is NC(=O)CNC(=O)CC(=O)c1ccccc1. The molecule has 1 aromatic rings. The highest BCUT2D eigenvalue weighted by Crippen LogP contribution is 2.02. The van der Waals surface area contributed by atoms with Crippen molar-refractivity contribution >= 4 is 17.6 Å². The Labute approximate surface area is 92.6 Å². The molecule has 16 heavy (non-hydrogen) atoms. The van der Waals surface area contributed by atoms with Crippen molar-refractivity contribution in [3.8, 4) is 0 Å². The highest BCUT2D eigenvalue weighted by Gasteiger charge is 2.11. The van der Waals surface area contributed by atoms with Gasteiger partial charge >= 0.3 is 0 Å². The minimum atomic E-state index is -0.638. The summed E-state index contributed by atoms with van der Waals surface area (Å²) in [6.07, 6.45) is -0.280. The number of carbonyl (C=O) groups is 3. The van der Waals surface area contributed by atoms with Gasteiger partial charge in [-0.25, -0.2) is 0 Å². The molecule has 1 aromatic carbocycles. The standard InChI is InChI=1S/C11H12N2O3/c12-10(15)7-13-11(16)6-9(14)8-4-2-1-3-5-8/h1-5H,6-7H2,(H2,12,15)(H,13,16). The first kappa shape index (κ1) is 11.9. The number of nitrogens with one attached hydrogen (secondary N) is 1. The predicted octanol–water partition coefficient (Wildman–Crippen LogP) is -0.139. The van der Waals surface area contributed by atoms with Gasteiger partial charge in [-0.2, -0.15) is 0 Å². The summed E-state index contributed by atoms with van der Waals surface area (Å²) >= 11 is 0. The molecule has 5 nitrogen and oxygen atoms in total. The summed E-state index contributed by atoms with van der Waals surface area (Å²) in [5.74, 6) is -1.43. The number of benzene rings is 1. The zero-order chi connectivity index (χ0) is 12.0. The van der Waals surface area contributed by atoms with E-state index in [9.17, 15) is 14.4 Å². The second-order valence-electron chi connectivity index (χ2n) is 3.21. The van der Waals surface area contributed by atoms with Crippen LogP contribution in [0.3, 0.4) is 0 Å². The fourth-order valence-electron chi connectivity index (χ4n) is 1.12. The zero-order valence-electron chi connectivity index (χ0n) is 8.60. The molecule has 0 saturated heterocycles. The van der Waals surface area contributed by atoms with Gasteiger partial charge in [0.05, 0.1) is 13.0 Å². The summed E-state index contributed by atoms with van der Waals surface area (Å²) in [5.41, 5.74) is 5.31. The number of primary amides is 1. The molecule has 0 fully saturated rings. The molecule has 0 aliphatic heterocycles. The Hall–Kier alpha value is -2.17. The number of hydrogen-bond acceptors (Lipinski definition) is 3. The van der Waals surface area contributed by atoms with Crippen LogP contribution < -0.4 is 11.1 Å². The molecule has 84 valence electrons. The van der Waals surface area contributed by atoms with Gasteiger partial charge in [-0.15, -0.1) is 0 Å². The molecule has 0 radical (unpaired) electrons. The number of nitrogens with two attached hydrogens (primary N) is 1. The summed E-state index contributed by atoms with van der Waals surface area (Å²) in [6.45, 7) is -0.249. The van der Waals surface area contributed by atoms with Crippen LogP contribution in [0.1, 0.15) is 16.8 Å². The Morgan fingerprint density at radius 3 is 2.31 bits per heavy atom. The van der Waals surface area contributed by atoms with Crippen molar-refractivity contribution in [2.24, 2.45) is 5.73 Å². The molecule has 0 saturated carbocycles. The largest absolute Gasteiger partial charge is 0.368 e. The van der Waals surface area contributed by atoms with Crippen molar-refractivity contribution in [2.75, 3.05) is 6.54 Å². The van der Waals surface area contributed by atoms with Gasteiger partial charge in [0.25, 0.3) is 0 Å². The molecular formula is C11H12N2O3. The lowest BCUT2D eigenvalue weighted by Gasteiger charge is -2.02. The second kappa shape index (κ2) is 5.65. The quantitative estimate of drug-likeness (QED) is 0.534. The molecule has 0 bridgehead atoms. The number of rotatable bonds is 5. The van der Waals surface area contributed by atoms with E-state index in [-0.39, 0.29) is 18.7 Å². The molecule has 0 atom stereocenters. The molecular weight excluding hydrogens is 208 g/mol. The summed E-state index contributed by atoms with van der Waals surface area (Å²) in [6, 6.07) is 8.47. The van der Waals surface area contributed by atoms with E-state index in [0.29, 0.717) is 5.56 Å². The van der Waals surface area contributed by atoms with Crippen LogP contribution in [-0.2, 0) is 9.59 Å². The van der Waals surface area contributed by atoms with Crippen LogP contribution in [0.15, 0.2) is 30.3 Å². The lowest BCUT2D eigenvalue weighted by atomic mass is 10.1. The van der Waals surface area contributed by atoms with Gasteiger partial charge in [-0.05, 0) is 0 Å². The Bertz CT molecular complexity index is 401. The van der Waals surface area contributed by atoms with E-state index in [4.69, 9.17) is 5.73 Å². The Balaban J connectivity index is 2.46. The van der Waals surface area contributed by atoms with E-state index in [1.54, 1.807) is 30.3 Å². The van der Waals surface area contributed by atoms with E-state index in [2.05, 4.69) is 5.32 Å². The van der Waals surface area contributed by atoms with Gasteiger partial charge in [0, 0.05) is 5.56 Å². The highest BCUT2D eigenvalue weighted by molar-refractivity contribution is 6.07. The van der Waals surface area contributed by atoms with E-state index >= 15 is 0 Å². The van der Waals surface area contributed by atoms with Crippen LogP contribution in [0, 0.1) is 0 Å².